The Bertz CT molecular complexity index is 1860. The molecule has 0 aliphatic rings. The van der Waals surface area contributed by atoms with Gasteiger partial charge in [0, 0.05) is 120 Å². The number of alkyl halides is 1. The predicted octanol–water partition coefficient (Wildman–Crippen LogP) is 7.80. The second-order valence-electron chi connectivity index (χ2n) is 9.71. The van der Waals surface area contributed by atoms with Crippen LogP contribution < -0.4 is 57.1 Å². The van der Waals surface area contributed by atoms with Gasteiger partial charge in [0.25, 0.3) is 0 Å². The number of carbonyl (C=O) groups excluding carboxylic acids is 1. The van der Waals surface area contributed by atoms with Crippen molar-refractivity contribution in [3.05, 3.63) is 176 Å². The number of benzene rings is 5. The fourth-order valence-electron chi connectivity index (χ4n) is 3.38. The minimum atomic E-state index is -1.67. The third-order valence-corrected chi connectivity index (χ3v) is 6.07. The Morgan fingerprint density at radius 1 is 0.508 bits per heavy atom. The first-order valence-electron chi connectivity index (χ1n) is 14.2. The van der Waals surface area contributed by atoms with Crippen LogP contribution in [-0.2, 0) is 28.3 Å². The second kappa shape index (κ2) is 31.2. The molecular weight excluding hydrogens is 944 g/mol. The van der Waals surface area contributed by atoms with Crippen molar-refractivity contribution < 1.29 is 133 Å². The number of rotatable bonds is 4. The first kappa shape index (κ1) is 60.7. The number of aldehydes is 1. The molecule has 0 fully saturated rings. The zero-order valence-corrected chi connectivity index (χ0v) is 35.4. The van der Waals surface area contributed by atoms with E-state index in [9.17, 15) is 70.7 Å². The average Bonchev–Trinajstić information content (AvgIpc) is 3.04. The number of hydrogen-bond donors (Lipinski definition) is 2. The minimum absolute atomic E-state index is 0. The maximum absolute atomic E-state index is 12.6. The van der Waals surface area contributed by atoms with Gasteiger partial charge in [-0.25, -0.2) is 70.1 Å². The fourth-order valence-corrected chi connectivity index (χ4v) is 3.63. The molecule has 0 heterocycles. The topological polar surface area (TPSA) is 80.4 Å². The Balaban J connectivity index is -0.000000316. The van der Waals surface area contributed by atoms with Gasteiger partial charge < -0.3 is 12.3 Å². The van der Waals surface area contributed by atoms with Gasteiger partial charge in [-0.1, -0.05) is 0 Å². The summed E-state index contributed by atoms with van der Waals surface area (Å²) < 4.78 is 194. The van der Waals surface area contributed by atoms with Crippen LogP contribution in [0.5, 0.6) is 0 Å². The molecule has 0 spiro atoms. The molecule has 317 valence electrons. The van der Waals surface area contributed by atoms with Gasteiger partial charge in [-0.3, -0.25) is 4.79 Å². The van der Waals surface area contributed by atoms with E-state index in [1.807, 2.05) is 0 Å². The third kappa shape index (κ3) is 23.8. The largest absolute Gasteiger partial charge is 1.00 e. The quantitative estimate of drug-likeness (QED) is 0.0634. The van der Waals surface area contributed by atoms with Crippen LogP contribution in [0.15, 0.2) is 66.7 Å². The van der Waals surface area contributed by atoms with Gasteiger partial charge in [0.2, 0.25) is 9.23 Å². The van der Waals surface area contributed by atoms with Crippen molar-refractivity contribution in [1.29, 1.82) is 0 Å². The smallest absolute Gasteiger partial charge is 1.00 e. The van der Waals surface area contributed by atoms with Crippen molar-refractivity contribution in [2.45, 2.75) is 19.0 Å². The fraction of sp³-hybridized carbons (Fsp3) is 0.0882. The number of aliphatic hydroxyl groups excluding tert-OH is 1. The van der Waals surface area contributed by atoms with Crippen molar-refractivity contribution in [3.8, 4) is 0 Å². The molecule has 0 saturated carbocycles. The van der Waals surface area contributed by atoms with E-state index in [-0.39, 0.29) is 91.1 Å². The number of carbonyl (C=O) groups is 1. The molecule has 0 saturated heterocycles. The van der Waals surface area contributed by atoms with Crippen molar-refractivity contribution in [2.75, 3.05) is 0 Å². The molecule has 0 atom stereocenters. The molecule has 0 aliphatic carbocycles. The molecule has 0 aromatic heterocycles. The molecule has 0 amide bonds. The summed E-state index contributed by atoms with van der Waals surface area (Å²) in [5.74, 6) is -15.1. The van der Waals surface area contributed by atoms with E-state index >= 15 is 0 Å². The SMILES string of the molecule is Fc1cc(F)c(CCl)c(F)c1.Fc1cc(F)cc(F)c1.NCc1c(F)cc(F)cc1F.O=Cc1c(F)cc(F)cc1F.O=S(Cl)Cl.OCc1c(F)cc(F)cc1F.[B].[H-].[K+]. The summed E-state index contributed by atoms with van der Waals surface area (Å²) in [7, 11) is 7.36. The predicted molar refractivity (Wildman–Crippen MR) is 187 cm³/mol. The first-order chi connectivity index (χ1) is 26.5. The second-order valence-corrected chi connectivity index (χ2v) is 12.5. The van der Waals surface area contributed by atoms with Gasteiger partial charge in [0.05, 0.1) is 18.1 Å². The van der Waals surface area contributed by atoms with E-state index in [2.05, 4.69) is 21.4 Å². The van der Waals surface area contributed by atoms with E-state index in [1.54, 1.807) is 0 Å². The Kier molecular flexibility index (Phi) is 32.1. The summed E-state index contributed by atoms with van der Waals surface area (Å²) in [4.78, 5) is 9.96. The monoisotopic (exact) mass is 964 g/mol. The van der Waals surface area contributed by atoms with Crippen molar-refractivity contribution in [1.82, 2.24) is 0 Å². The number of aliphatic hydroxyl groups is 1. The molecule has 3 radical (unpaired) electrons. The van der Waals surface area contributed by atoms with Gasteiger partial charge in [-0.15, -0.1) is 11.6 Å². The van der Waals surface area contributed by atoms with E-state index in [0.29, 0.717) is 66.7 Å². The van der Waals surface area contributed by atoms with Crippen molar-refractivity contribution >= 4 is 56.9 Å². The molecule has 0 bridgehead atoms. The van der Waals surface area contributed by atoms with Crippen molar-refractivity contribution in [2.24, 2.45) is 5.73 Å². The Morgan fingerprint density at radius 2 is 0.729 bits per heavy atom. The van der Waals surface area contributed by atoms with Crippen LogP contribution in [-0.4, -0.2) is 24.0 Å². The summed E-state index contributed by atoms with van der Waals surface area (Å²) in [6.45, 7) is -1.03. The molecule has 0 aliphatic heterocycles. The van der Waals surface area contributed by atoms with E-state index < -0.39 is 114 Å². The maximum atomic E-state index is 12.6. The molecule has 4 nitrogen and oxygen atoms in total. The van der Waals surface area contributed by atoms with E-state index in [1.165, 1.54) is 0 Å². The van der Waals surface area contributed by atoms with Gasteiger partial charge in [-0.2, -0.15) is 0 Å². The van der Waals surface area contributed by atoms with Crippen LogP contribution >= 0.6 is 33.0 Å². The van der Waals surface area contributed by atoms with Crippen LogP contribution in [0.25, 0.3) is 0 Å². The van der Waals surface area contributed by atoms with Gasteiger partial charge in [0.1, 0.15) is 87.3 Å². The molecule has 3 N–H and O–H groups in total. The summed E-state index contributed by atoms with van der Waals surface area (Å²) >= 11 is 5.19. The van der Waals surface area contributed by atoms with Crippen LogP contribution in [0.3, 0.4) is 0 Å². The maximum Gasteiger partial charge on any atom is 1.00 e. The van der Waals surface area contributed by atoms with Crippen LogP contribution in [0, 0.1) is 87.3 Å². The van der Waals surface area contributed by atoms with Crippen LogP contribution in [0.4, 0.5) is 65.9 Å². The molecule has 5 aromatic carbocycles. The average molecular weight is 966 g/mol. The normalized spacial score (nSPS) is 9.58. The standard InChI is InChI=1S/C7H4ClF3.C7H6F3N.C7H5F3O.C7H3F3O.C6H3F3.B.Cl2OS.K.H/c8-3-5-6(10)1-4(9)2-7(5)11;3*8-4-1-6(9)5(3-11)7(10)2-4;7-4-1-5(8)3-6(9)2-4;;1-4(2)3;;/h1-2H,3H2;1-2H,3,11H2;1-2,11H,3H2;1-3H;1-3H;;;;/q;;;;;;;+1;-1. The van der Waals surface area contributed by atoms with Crippen LogP contribution in [0.1, 0.15) is 28.5 Å². The minimum Gasteiger partial charge on any atom is -1.00 e. The third-order valence-electron chi connectivity index (χ3n) is 5.80. The zero-order valence-electron chi connectivity index (χ0n) is 30.2. The number of hydrogen-bond acceptors (Lipinski definition) is 4. The molecule has 0 unspecified atom stereocenters. The number of halogens is 18. The van der Waals surface area contributed by atoms with Gasteiger partial charge in [-0.05, 0) is 0 Å². The van der Waals surface area contributed by atoms with Crippen LogP contribution in [0.2, 0.25) is 0 Å². The number of nitrogens with two attached hydrogens (primary N) is 1. The Labute approximate surface area is 387 Å². The molecule has 59 heavy (non-hydrogen) atoms. The van der Waals surface area contributed by atoms with Crippen molar-refractivity contribution in [3.63, 3.8) is 0 Å². The Morgan fingerprint density at radius 3 is 0.949 bits per heavy atom. The van der Waals surface area contributed by atoms with Gasteiger partial charge >= 0.3 is 51.4 Å². The molecule has 5 aromatic rings. The summed E-state index contributed by atoms with van der Waals surface area (Å²) in [6, 6.07) is 6.19. The zero-order chi connectivity index (χ0) is 44.2. The summed E-state index contributed by atoms with van der Waals surface area (Å²) in [6.07, 6.45) is 0.00407. The first-order valence-corrected chi connectivity index (χ1v) is 17.6. The van der Waals surface area contributed by atoms with Gasteiger partial charge in [0.15, 0.2) is 6.29 Å². The molecule has 5 rings (SSSR count). The molecule has 25 heteroatoms. The van der Waals surface area contributed by atoms with E-state index in [0.717, 1.165) is 0 Å². The molecular formula is C34H22BCl3F15KNO3S. The van der Waals surface area contributed by atoms with E-state index in [4.69, 9.17) is 26.7 Å². The summed E-state index contributed by atoms with van der Waals surface area (Å²) in [5.41, 5.74) is 3.16. The Hall–Kier alpha value is -2.64. The summed E-state index contributed by atoms with van der Waals surface area (Å²) in [5, 5.41) is 8.39.